The Kier molecular flexibility index (Phi) is 5.52. The summed E-state index contributed by atoms with van der Waals surface area (Å²) in [6.07, 6.45) is 3.47. The second kappa shape index (κ2) is 7.19. The van der Waals surface area contributed by atoms with Gasteiger partial charge in [0.2, 0.25) is 9.84 Å². The van der Waals surface area contributed by atoms with Gasteiger partial charge in [-0.1, -0.05) is 0 Å². The summed E-state index contributed by atoms with van der Waals surface area (Å²) in [5, 5.41) is 3.52. The van der Waals surface area contributed by atoms with Crippen molar-refractivity contribution in [2.24, 2.45) is 0 Å². The number of ether oxygens (including phenoxy) is 1. The second-order valence-corrected chi connectivity index (χ2v) is 7.12. The molecule has 0 aromatic carbocycles. The molecule has 1 atom stereocenters. The normalized spacial score (nSPS) is 19.1. The Balaban J connectivity index is 2.10. The molecule has 0 radical (unpaired) electrons. The molecule has 8 nitrogen and oxygen atoms in total. The molecule has 1 unspecified atom stereocenters. The first-order valence-electron chi connectivity index (χ1n) is 7.53. The molecule has 1 saturated heterocycles. The van der Waals surface area contributed by atoms with Crippen molar-refractivity contribution in [3.05, 3.63) is 6.33 Å². The smallest absolute Gasteiger partial charge is 0.346 e. The lowest BCUT2D eigenvalue weighted by molar-refractivity contribution is 0.0304. The van der Waals surface area contributed by atoms with Crippen LogP contribution in [-0.4, -0.2) is 65.7 Å². The minimum Gasteiger partial charge on any atom is -0.377 e. The van der Waals surface area contributed by atoms with E-state index in [1.54, 1.807) is 0 Å². The van der Waals surface area contributed by atoms with Crippen LogP contribution in [0.15, 0.2) is 11.5 Å². The number of rotatable bonds is 5. The summed E-state index contributed by atoms with van der Waals surface area (Å²) in [5.41, 5.74) is 0. The quantitative estimate of drug-likeness (QED) is 0.797. The van der Waals surface area contributed by atoms with Crippen LogP contribution in [0.3, 0.4) is 0 Å². The van der Waals surface area contributed by atoms with E-state index in [-0.39, 0.29) is 23.0 Å². The Labute approximate surface area is 130 Å². The van der Waals surface area contributed by atoms with Crippen molar-refractivity contribution < 1.29 is 17.9 Å². The monoisotopic (exact) mass is 330 g/mol. The number of amides is 1. The largest absolute Gasteiger partial charge is 0.377 e. The summed E-state index contributed by atoms with van der Waals surface area (Å²) in [5.74, 6) is -0.142. The molecule has 124 valence electrons. The van der Waals surface area contributed by atoms with Crippen molar-refractivity contribution in [3.63, 3.8) is 0 Å². The van der Waals surface area contributed by atoms with E-state index in [1.807, 2.05) is 13.8 Å². The van der Waals surface area contributed by atoms with Crippen LogP contribution in [0.25, 0.3) is 0 Å². The van der Waals surface area contributed by atoms with Crippen molar-refractivity contribution in [1.29, 1.82) is 0 Å². The number of sulfone groups is 1. The van der Waals surface area contributed by atoms with Gasteiger partial charge in [0, 0.05) is 19.7 Å². The Hall–Kier alpha value is -1.48. The van der Waals surface area contributed by atoms with E-state index in [1.165, 1.54) is 4.90 Å². The summed E-state index contributed by atoms with van der Waals surface area (Å²) >= 11 is 0. The zero-order valence-electron chi connectivity index (χ0n) is 12.9. The fourth-order valence-corrected chi connectivity index (χ4v) is 3.70. The topological polar surface area (TPSA) is 94.4 Å². The lowest BCUT2D eigenvalue weighted by Gasteiger charge is -2.21. The van der Waals surface area contributed by atoms with Gasteiger partial charge in [0.1, 0.15) is 6.33 Å². The number of hydrogen-bond donors (Lipinski definition) is 0. The minimum atomic E-state index is -3.65. The third kappa shape index (κ3) is 3.83. The molecule has 2 rings (SSSR count). The van der Waals surface area contributed by atoms with Crippen LogP contribution >= 0.6 is 0 Å². The van der Waals surface area contributed by atoms with Gasteiger partial charge in [-0.05, 0) is 33.1 Å². The Bertz CT molecular complexity index is 603. The molecule has 0 N–H and O–H groups in total. The first-order chi connectivity index (χ1) is 10.5. The van der Waals surface area contributed by atoms with Crippen molar-refractivity contribution in [2.75, 3.05) is 25.4 Å². The van der Waals surface area contributed by atoms with Gasteiger partial charge >= 0.3 is 6.03 Å². The van der Waals surface area contributed by atoms with Gasteiger partial charge in [-0.15, -0.1) is 5.10 Å². The maximum atomic E-state index is 12.3. The van der Waals surface area contributed by atoms with Gasteiger partial charge in [-0.25, -0.2) is 18.2 Å². The molecule has 1 amide bonds. The average molecular weight is 330 g/mol. The molecule has 1 fully saturated rings. The molecular weight excluding hydrogens is 308 g/mol. The summed E-state index contributed by atoms with van der Waals surface area (Å²) in [7, 11) is -3.65. The average Bonchev–Trinajstić information content (AvgIpc) is 2.99. The number of carbonyl (C=O) groups is 1. The molecule has 0 aliphatic carbocycles. The van der Waals surface area contributed by atoms with E-state index in [9.17, 15) is 13.2 Å². The molecular formula is C13H22N4O4S. The molecule has 22 heavy (non-hydrogen) atoms. The highest BCUT2D eigenvalue weighted by molar-refractivity contribution is 7.91. The molecule has 9 heteroatoms. The first kappa shape index (κ1) is 16.9. The van der Waals surface area contributed by atoms with Crippen LogP contribution in [0.1, 0.15) is 33.1 Å². The first-order valence-corrected chi connectivity index (χ1v) is 9.18. The van der Waals surface area contributed by atoms with Crippen LogP contribution in [0.5, 0.6) is 0 Å². The number of carbonyl (C=O) groups excluding carboxylic acids is 1. The third-order valence-corrected chi connectivity index (χ3v) is 5.21. The molecule has 0 spiro atoms. The van der Waals surface area contributed by atoms with E-state index in [0.29, 0.717) is 19.7 Å². The number of nitrogens with zero attached hydrogens (tertiary/aromatic N) is 4. The van der Waals surface area contributed by atoms with Gasteiger partial charge < -0.3 is 9.64 Å². The van der Waals surface area contributed by atoms with E-state index in [2.05, 4.69) is 10.1 Å². The van der Waals surface area contributed by atoms with Crippen molar-refractivity contribution in [1.82, 2.24) is 19.7 Å². The van der Waals surface area contributed by atoms with Crippen molar-refractivity contribution >= 4 is 15.9 Å². The van der Waals surface area contributed by atoms with Crippen molar-refractivity contribution in [2.45, 2.75) is 44.4 Å². The van der Waals surface area contributed by atoms with Gasteiger partial charge in [0.05, 0.1) is 11.9 Å². The fourth-order valence-electron chi connectivity index (χ4n) is 2.38. The predicted octanol–water partition coefficient (Wildman–Crippen LogP) is 0.931. The molecule has 1 aliphatic rings. The lowest BCUT2D eigenvalue weighted by atomic mass is 10.1. The second-order valence-electron chi connectivity index (χ2n) is 5.20. The number of hydrogen-bond acceptors (Lipinski definition) is 6. The van der Waals surface area contributed by atoms with Crippen LogP contribution in [0.2, 0.25) is 0 Å². The minimum absolute atomic E-state index is 0.142. The fraction of sp³-hybridized carbons (Fsp3) is 0.769. The van der Waals surface area contributed by atoms with Gasteiger partial charge in [0.15, 0.2) is 0 Å². The molecule has 0 saturated carbocycles. The molecule has 1 aromatic rings. The Morgan fingerprint density at radius 1 is 1.41 bits per heavy atom. The molecule has 2 heterocycles. The van der Waals surface area contributed by atoms with Crippen LogP contribution in [0, 0.1) is 0 Å². The van der Waals surface area contributed by atoms with E-state index in [4.69, 9.17) is 4.74 Å². The van der Waals surface area contributed by atoms with Gasteiger partial charge in [0.25, 0.3) is 5.16 Å². The highest BCUT2D eigenvalue weighted by atomic mass is 32.2. The highest BCUT2D eigenvalue weighted by Gasteiger charge is 2.28. The molecule has 0 bridgehead atoms. The van der Waals surface area contributed by atoms with E-state index in [0.717, 1.165) is 30.3 Å². The van der Waals surface area contributed by atoms with E-state index < -0.39 is 9.84 Å². The van der Waals surface area contributed by atoms with E-state index >= 15 is 0 Å². The van der Waals surface area contributed by atoms with Crippen LogP contribution < -0.4 is 0 Å². The summed E-state index contributed by atoms with van der Waals surface area (Å²) < 4.78 is 31.0. The summed E-state index contributed by atoms with van der Waals surface area (Å²) in [4.78, 5) is 17.4. The Morgan fingerprint density at radius 2 is 2.14 bits per heavy atom. The highest BCUT2D eigenvalue weighted by Crippen LogP contribution is 2.17. The van der Waals surface area contributed by atoms with Crippen molar-refractivity contribution in [3.8, 4) is 0 Å². The Morgan fingerprint density at radius 3 is 2.73 bits per heavy atom. The molecule has 1 aromatic heterocycles. The molecule has 1 aliphatic heterocycles. The standard InChI is InChI=1S/C13H22N4O4S/c1-3-16(4-2)13(18)17-10-14-12(15-17)22(19,20)9-11-7-5-6-8-21-11/h10-11H,3-9H2,1-2H3. The number of aromatic nitrogens is 3. The summed E-state index contributed by atoms with van der Waals surface area (Å²) in [6.45, 7) is 5.32. The van der Waals surface area contributed by atoms with Gasteiger partial charge in [-0.3, -0.25) is 0 Å². The van der Waals surface area contributed by atoms with Crippen LogP contribution in [-0.2, 0) is 14.6 Å². The zero-order valence-corrected chi connectivity index (χ0v) is 13.8. The maximum absolute atomic E-state index is 12.3. The predicted molar refractivity (Wildman–Crippen MR) is 79.4 cm³/mol. The zero-order chi connectivity index (χ0) is 16.2. The van der Waals surface area contributed by atoms with Crippen LogP contribution in [0.4, 0.5) is 4.79 Å². The van der Waals surface area contributed by atoms with Gasteiger partial charge in [-0.2, -0.15) is 4.68 Å². The SMILES string of the molecule is CCN(CC)C(=O)n1cnc(S(=O)(=O)CC2CCCCO2)n1. The maximum Gasteiger partial charge on any atom is 0.346 e. The summed E-state index contributed by atoms with van der Waals surface area (Å²) in [6, 6.07) is -0.382. The lowest BCUT2D eigenvalue weighted by Crippen LogP contribution is -2.34. The third-order valence-electron chi connectivity index (χ3n) is 3.66.